The second-order valence-corrected chi connectivity index (χ2v) is 5.32. The Labute approximate surface area is 112 Å². The van der Waals surface area contributed by atoms with Gasteiger partial charge in [0.2, 0.25) is 0 Å². The van der Waals surface area contributed by atoms with E-state index in [2.05, 4.69) is 0 Å². The maximum Gasteiger partial charge on any atom is 0.310 e. The summed E-state index contributed by atoms with van der Waals surface area (Å²) >= 11 is 0. The molecule has 0 saturated carbocycles. The first-order valence-corrected chi connectivity index (χ1v) is 6.62. The number of cyclic esters (lactones) is 1. The van der Waals surface area contributed by atoms with E-state index in [0.717, 1.165) is 0 Å². The van der Waals surface area contributed by atoms with Crippen LogP contribution in [0.25, 0.3) is 0 Å². The van der Waals surface area contributed by atoms with Crippen molar-refractivity contribution in [2.45, 2.75) is 6.92 Å². The number of carbonyl (C=O) groups is 2. The van der Waals surface area contributed by atoms with Crippen LogP contribution in [0, 0.1) is 23.7 Å². The average Bonchev–Trinajstić information content (AvgIpc) is 2.81. The van der Waals surface area contributed by atoms with E-state index in [1.807, 2.05) is 49.4 Å². The lowest BCUT2D eigenvalue weighted by atomic mass is 9.69. The summed E-state index contributed by atoms with van der Waals surface area (Å²) in [5, 5.41) is 0. The van der Waals surface area contributed by atoms with E-state index in [9.17, 15) is 9.59 Å². The monoisotopic (exact) mass is 256 g/mol. The summed E-state index contributed by atoms with van der Waals surface area (Å²) in [5.74, 6) is -0.664. The lowest BCUT2D eigenvalue weighted by Crippen LogP contribution is -2.37. The number of Topliss-reactive ketones (excluding diaryl/α,β-unsaturated/α-hetero) is 1. The molecule has 0 spiro atoms. The molecule has 1 fully saturated rings. The highest BCUT2D eigenvalue weighted by atomic mass is 16.5. The zero-order chi connectivity index (χ0) is 13.4. The fourth-order valence-corrected chi connectivity index (χ4v) is 3.10. The van der Waals surface area contributed by atoms with Gasteiger partial charge in [-0.1, -0.05) is 49.4 Å². The van der Waals surface area contributed by atoms with E-state index < -0.39 is 0 Å². The fourth-order valence-electron chi connectivity index (χ4n) is 3.10. The van der Waals surface area contributed by atoms with Gasteiger partial charge in [0.05, 0.1) is 12.5 Å². The van der Waals surface area contributed by atoms with Crippen LogP contribution in [-0.2, 0) is 9.53 Å². The van der Waals surface area contributed by atoms with Gasteiger partial charge in [-0.25, -0.2) is 0 Å². The van der Waals surface area contributed by atoms with E-state index in [4.69, 9.17) is 4.74 Å². The average molecular weight is 256 g/mol. The summed E-state index contributed by atoms with van der Waals surface area (Å²) in [5.41, 5.74) is 0.674. The van der Waals surface area contributed by atoms with Gasteiger partial charge in [0.1, 0.15) is 0 Å². The molecule has 3 rings (SSSR count). The molecule has 0 unspecified atom stereocenters. The molecule has 0 N–H and O–H groups in total. The number of hydrogen-bond donors (Lipinski definition) is 0. The van der Waals surface area contributed by atoms with E-state index in [1.165, 1.54) is 0 Å². The number of ketones is 1. The van der Waals surface area contributed by atoms with Crippen molar-refractivity contribution >= 4 is 11.8 Å². The Morgan fingerprint density at radius 3 is 2.68 bits per heavy atom. The summed E-state index contributed by atoms with van der Waals surface area (Å²) in [4.78, 5) is 24.5. The Kier molecular flexibility index (Phi) is 2.97. The van der Waals surface area contributed by atoms with Crippen molar-refractivity contribution in [3.63, 3.8) is 0 Å². The van der Waals surface area contributed by atoms with Gasteiger partial charge in [0, 0.05) is 17.4 Å². The Morgan fingerprint density at radius 2 is 1.95 bits per heavy atom. The molecule has 0 radical (unpaired) electrons. The van der Waals surface area contributed by atoms with Crippen LogP contribution in [0.3, 0.4) is 0 Å². The highest BCUT2D eigenvalue weighted by Crippen LogP contribution is 2.40. The molecular formula is C16H16O3. The van der Waals surface area contributed by atoms with Gasteiger partial charge in [-0.2, -0.15) is 0 Å². The maximum atomic E-state index is 12.7. The molecule has 4 atom stereocenters. The first-order valence-electron chi connectivity index (χ1n) is 6.62. The number of carbonyl (C=O) groups excluding carboxylic acids is 2. The minimum atomic E-state index is -0.312. The van der Waals surface area contributed by atoms with E-state index in [0.29, 0.717) is 12.2 Å². The SMILES string of the molecule is C[C@@H]1C=C[C@@H]2COC(=O)[C@H]2[C@@H]1C(=O)c1ccccc1. The number of fused-ring (bicyclic) bond motifs is 1. The molecule has 0 aromatic heterocycles. The van der Waals surface area contributed by atoms with Crippen molar-refractivity contribution in [2.24, 2.45) is 23.7 Å². The van der Waals surface area contributed by atoms with Crippen molar-refractivity contribution in [3.8, 4) is 0 Å². The summed E-state index contributed by atoms with van der Waals surface area (Å²) in [6, 6.07) is 9.20. The van der Waals surface area contributed by atoms with Crippen LogP contribution >= 0.6 is 0 Å². The van der Waals surface area contributed by atoms with Crippen LogP contribution in [-0.4, -0.2) is 18.4 Å². The molecule has 1 saturated heterocycles. The Hall–Kier alpha value is -1.90. The second-order valence-electron chi connectivity index (χ2n) is 5.32. The molecule has 2 aliphatic rings. The van der Waals surface area contributed by atoms with Gasteiger partial charge >= 0.3 is 5.97 Å². The van der Waals surface area contributed by atoms with E-state index in [-0.39, 0.29) is 35.4 Å². The third-order valence-electron chi connectivity index (χ3n) is 4.13. The summed E-state index contributed by atoms with van der Waals surface area (Å²) in [7, 11) is 0. The smallest absolute Gasteiger partial charge is 0.310 e. The van der Waals surface area contributed by atoms with Crippen LogP contribution in [0.15, 0.2) is 42.5 Å². The number of benzene rings is 1. The van der Waals surface area contributed by atoms with Crippen molar-refractivity contribution in [1.82, 2.24) is 0 Å². The minimum Gasteiger partial charge on any atom is -0.465 e. The molecule has 0 bridgehead atoms. The molecule has 1 aromatic rings. The van der Waals surface area contributed by atoms with Gasteiger partial charge < -0.3 is 4.74 Å². The van der Waals surface area contributed by atoms with Gasteiger partial charge in [0.25, 0.3) is 0 Å². The van der Waals surface area contributed by atoms with Crippen LogP contribution in [0.2, 0.25) is 0 Å². The van der Waals surface area contributed by atoms with Crippen LogP contribution < -0.4 is 0 Å². The van der Waals surface area contributed by atoms with Gasteiger partial charge in [-0.05, 0) is 5.92 Å². The van der Waals surface area contributed by atoms with Crippen molar-refractivity contribution < 1.29 is 14.3 Å². The quantitative estimate of drug-likeness (QED) is 0.464. The zero-order valence-electron chi connectivity index (χ0n) is 10.8. The van der Waals surface area contributed by atoms with E-state index in [1.54, 1.807) is 0 Å². The van der Waals surface area contributed by atoms with E-state index >= 15 is 0 Å². The molecule has 19 heavy (non-hydrogen) atoms. The topological polar surface area (TPSA) is 43.4 Å². The highest BCUT2D eigenvalue weighted by molar-refractivity contribution is 6.00. The third-order valence-corrected chi connectivity index (χ3v) is 4.13. The third kappa shape index (κ3) is 1.99. The predicted molar refractivity (Wildman–Crippen MR) is 70.5 cm³/mol. The number of esters is 1. The maximum absolute atomic E-state index is 12.7. The molecular weight excluding hydrogens is 240 g/mol. The molecule has 0 amide bonds. The number of hydrogen-bond acceptors (Lipinski definition) is 3. The standard InChI is InChI=1S/C16H16O3/c1-10-7-8-12-9-19-16(18)14(12)13(10)15(17)11-5-3-2-4-6-11/h2-8,10,12-14H,9H2,1H3/t10-,12-,13-,14-/m1/s1. The Morgan fingerprint density at radius 1 is 1.21 bits per heavy atom. The van der Waals surface area contributed by atoms with Gasteiger partial charge in [-0.15, -0.1) is 0 Å². The highest BCUT2D eigenvalue weighted by Gasteiger charge is 2.48. The number of ether oxygens (including phenoxy) is 1. The zero-order valence-corrected chi connectivity index (χ0v) is 10.8. The molecule has 3 heteroatoms. The van der Waals surface area contributed by atoms with Crippen molar-refractivity contribution in [2.75, 3.05) is 6.61 Å². The first kappa shape index (κ1) is 12.2. The van der Waals surface area contributed by atoms with Gasteiger partial charge in [-0.3, -0.25) is 9.59 Å². The lowest BCUT2D eigenvalue weighted by Gasteiger charge is -2.30. The normalized spacial score (nSPS) is 32.8. The largest absolute Gasteiger partial charge is 0.465 e. The fraction of sp³-hybridized carbons (Fsp3) is 0.375. The van der Waals surface area contributed by atoms with Crippen molar-refractivity contribution in [3.05, 3.63) is 48.0 Å². The predicted octanol–water partition coefficient (Wildman–Crippen LogP) is 2.48. The first-order chi connectivity index (χ1) is 9.18. The molecule has 1 aliphatic heterocycles. The second kappa shape index (κ2) is 4.65. The van der Waals surface area contributed by atoms with Gasteiger partial charge in [0.15, 0.2) is 5.78 Å². The van der Waals surface area contributed by atoms with Crippen LogP contribution in [0.1, 0.15) is 17.3 Å². The summed E-state index contributed by atoms with van der Waals surface area (Å²) in [6.45, 7) is 2.40. The van der Waals surface area contributed by atoms with Crippen molar-refractivity contribution in [1.29, 1.82) is 0 Å². The molecule has 3 nitrogen and oxygen atoms in total. The Balaban J connectivity index is 1.96. The number of rotatable bonds is 2. The van der Waals surface area contributed by atoms with Crippen LogP contribution in [0.4, 0.5) is 0 Å². The molecule has 1 aromatic carbocycles. The number of allylic oxidation sites excluding steroid dienone is 1. The van der Waals surface area contributed by atoms with Crippen LogP contribution in [0.5, 0.6) is 0 Å². The summed E-state index contributed by atoms with van der Waals surface area (Å²) < 4.78 is 5.12. The lowest BCUT2D eigenvalue weighted by molar-refractivity contribution is -0.142. The Bertz CT molecular complexity index is 532. The summed E-state index contributed by atoms with van der Waals surface area (Å²) in [6.07, 6.45) is 4.06. The molecule has 1 heterocycles. The minimum absolute atomic E-state index is 0.0475. The molecule has 98 valence electrons. The molecule has 1 aliphatic carbocycles.